The Hall–Kier alpha value is -2.24. The molecule has 1 aromatic rings. The lowest BCUT2D eigenvalue weighted by molar-refractivity contribution is -0.149. The lowest BCUT2D eigenvalue weighted by Gasteiger charge is -2.23. The molecule has 6 nitrogen and oxygen atoms in total. The van der Waals surface area contributed by atoms with Crippen LogP contribution in [0.2, 0.25) is 0 Å². The molecule has 2 N–H and O–H groups in total. The SMILES string of the molecule is O=C(NCC1COc2ccccc21)N1C[C@@H]2CCC[C@@]2(C(=O)O)C1. The van der Waals surface area contributed by atoms with Crippen LogP contribution in [0.1, 0.15) is 30.7 Å². The van der Waals surface area contributed by atoms with Crippen molar-refractivity contribution in [3.8, 4) is 5.75 Å². The predicted octanol–water partition coefficient (Wildman–Crippen LogP) is 2.06. The minimum Gasteiger partial charge on any atom is -0.493 e. The van der Waals surface area contributed by atoms with Gasteiger partial charge >= 0.3 is 12.0 Å². The summed E-state index contributed by atoms with van der Waals surface area (Å²) in [5.74, 6) is 0.382. The summed E-state index contributed by atoms with van der Waals surface area (Å²) in [6.07, 6.45) is 2.53. The number of nitrogens with zero attached hydrogens (tertiary/aromatic N) is 1. The first-order valence-electron chi connectivity index (χ1n) is 8.58. The number of para-hydroxylation sites is 1. The Morgan fingerprint density at radius 1 is 1.38 bits per heavy atom. The molecule has 0 bridgehead atoms. The number of hydrogen-bond donors (Lipinski definition) is 2. The molecule has 24 heavy (non-hydrogen) atoms. The van der Waals surface area contributed by atoms with Gasteiger partial charge in [-0.25, -0.2) is 4.79 Å². The lowest BCUT2D eigenvalue weighted by atomic mass is 9.81. The Balaban J connectivity index is 1.37. The van der Waals surface area contributed by atoms with Gasteiger partial charge in [0.2, 0.25) is 0 Å². The standard InChI is InChI=1S/C18H22N2O4/c21-16(22)18-7-3-4-13(18)9-20(11-18)17(23)19-8-12-10-24-15-6-2-1-5-14(12)15/h1-2,5-6,12-13H,3-4,7-11H2,(H,19,23)(H,21,22)/t12?,13-,18+/m0/s1. The van der Waals surface area contributed by atoms with E-state index in [1.807, 2.05) is 24.3 Å². The Morgan fingerprint density at radius 3 is 3.00 bits per heavy atom. The molecule has 2 amide bonds. The maximum absolute atomic E-state index is 12.5. The van der Waals surface area contributed by atoms with Gasteiger partial charge in [-0.15, -0.1) is 0 Å². The summed E-state index contributed by atoms with van der Waals surface area (Å²) in [5.41, 5.74) is 0.401. The number of benzene rings is 1. The van der Waals surface area contributed by atoms with Crippen LogP contribution in [0.5, 0.6) is 5.75 Å². The van der Waals surface area contributed by atoms with E-state index in [1.54, 1.807) is 4.90 Å². The minimum absolute atomic E-state index is 0.0938. The second-order valence-corrected chi connectivity index (χ2v) is 7.16. The van der Waals surface area contributed by atoms with Gasteiger partial charge in [-0.3, -0.25) is 4.79 Å². The predicted molar refractivity (Wildman–Crippen MR) is 87.1 cm³/mol. The van der Waals surface area contributed by atoms with Gasteiger partial charge in [0.05, 0.1) is 12.0 Å². The highest BCUT2D eigenvalue weighted by Gasteiger charge is 2.55. The van der Waals surface area contributed by atoms with E-state index in [-0.39, 0.29) is 17.9 Å². The number of aliphatic carboxylic acids is 1. The van der Waals surface area contributed by atoms with Crippen LogP contribution in [0.3, 0.4) is 0 Å². The van der Waals surface area contributed by atoms with Crippen molar-refractivity contribution in [3.05, 3.63) is 29.8 Å². The number of likely N-dealkylation sites (tertiary alicyclic amines) is 1. The Bertz CT molecular complexity index is 677. The van der Waals surface area contributed by atoms with E-state index in [4.69, 9.17) is 4.74 Å². The van der Waals surface area contributed by atoms with Crippen LogP contribution in [0.15, 0.2) is 24.3 Å². The highest BCUT2D eigenvalue weighted by molar-refractivity contribution is 5.80. The molecule has 1 aliphatic carbocycles. The molecule has 0 radical (unpaired) electrons. The first-order chi connectivity index (χ1) is 11.6. The van der Waals surface area contributed by atoms with Gasteiger partial charge < -0.3 is 20.1 Å². The van der Waals surface area contributed by atoms with E-state index in [1.165, 1.54) is 0 Å². The van der Waals surface area contributed by atoms with Gasteiger partial charge in [0.15, 0.2) is 0 Å². The molecule has 3 aliphatic rings. The molecule has 6 heteroatoms. The number of rotatable bonds is 3. The number of nitrogens with one attached hydrogen (secondary N) is 1. The van der Waals surface area contributed by atoms with Crippen molar-refractivity contribution < 1.29 is 19.4 Å². The highest BCUT2D eigenvalue weighted by Crippen LogP contribution is 2.48. The molecule has 0 spiro atoms. The molecule has 1 aromatic carbocycles. The van der Waals surface area contributed by atoms with E-state index < -0.39 is 11.4 Å². The van der Waals surface area contributed by atoms with Crippen LogP contribution in [0, 0.1) is 11.3 Å². The fourth-order valence-electron chi connectivity index (χ4n) is 4.51. The zero-order valence-corrected chi connectivity index (χ0v) is 13.5. The third-order valence-corrected chi connectivity index (χ3v) is 5.88. The molecule has 2 heterocycles. The van der Waals surface area contributed by atoms with Crippen LogP contribution in [-0.2, 0) is 4.79 Å². The van der Waals surface area contributed by atoms with Crippen LogP contribution in [0.25, 0.3) is 0 Å². The molecule has 1 saturated heterocycles. The largest absolute Gasteiger partial charge is 0.493 e. The minimum atomic E-state index is -0.751. The molecule has 1 saturated carbocycles. The summed E-state index contributed by atoms with van der Waals surface area (Å²) >= 11 is 0. The average molecular weight is 330 g/mol. The summed E-state index contributed by atoms with van der Waals surface area (Å²) < 4.78 is 5.63. The van der Waals surface area contributed by atoms with Crippen molar-refractivity contribution in [1.82, 2.24) is 10.2 Å². The summed E-state index contributed by atoms with van der Waals surface area (Å²) in [7, 11) is 0. The quantitative estimate of drug-likeness (QED) is 0.889. The number of carboxylic acid groups (broad SMARTS) is 1. The molecule has 1 unspecified atom stereocenters. The number of fused-ring (bicyclic) bond motifs is 2. The van der Waals surface area contributed by atoms with E-state index in [0.717, 1.165) is 24.2 Å². The van der Waals surface area contributed by atoms with E-state index in [2.05, 4.69) is 5.32 Å². The Kier molecular flexibility index (Phi) is 3.62. The maximum atomic E-state index is 12.5. The number of amides is 2. The number of carbonyl (C=O) groups excluding carboxylic acids is 1. The molecular weight excluding hydrogens is 308 g/mol. The first-order valence-corrected chi connectivity index (χ1v) is 8.58. The van der Waals surface area contributed by atoms with Crippen molar-refractivity contribution in [2.75, 3.05) is 26.2 Å². The van der Waals surface area contributed by atoms with Gasteiger partial charge in [-0.2, -0.15) is 0 Å². The molecule has 3 atom stereocenters. The third-order valence-electron chi connectivity index (χ3n) is 5.88. The molecule has 2 fully saturated rings. The summed E-state index contributed by atoms with van der Waals surface area (Å²) in [6.45, 7) is 1.96. The van der Waals surface area contributed by atoms with Gasteiger partial charge in [-0.1, -0.05) is 24.6 Å². The number of carbonyl (C=O) groups is 2. The summed E-state index contributed by atoms with van der Waals surface area (Å²) in [6, 6.07) is 7.72. The topological polar surface area (TPSA) is 78.9 Å². The summed E-state index contributed by atoms with van der Waals surface area (Å²) in [5, 5.41) is 12.6. The molecule has 128 valence electrons. The van der Waals surface area contributed by atoms with E-state index >= 15 is 0 Å². The fourth-order valence-corrected chi connectivity index (χ4v) is 4.51. The van der Waals surface area contributed by atoms with Crippen molar-refractivity contribution in [1.29, 1.82) is 0 Å². The Morgan fingerprint density at radius 2 is 2.21 bits per heavy atom. The number of urea groups is 1. The smallest absolute Gasteiger partial charge is 0.317 e. The van der Waals surface area contributed by atoms with E-state index in [9.17, 15) is 14.7 Å². The number of hydrogen-bond acceptors (Lipinski definition) is 3. The number of ether oxygens (including phenoxy) is 1. The van der Waals surface area contributed by atoms with Crippen molar-refractivity contribution in [2.24, 2.45) is 11.3 Å². The van der Waals surface area contributed by atoms with Crippen LogP contribution >= 0.6 is 0 Å². The maximum Gasteiger partial charge on any atom is 0.317 e. The monoisotopic (exact) mass is 330 g/mol. The normalized spacial score (nSPS) is 30.6. The van der Waals surface area contributed by atoms with Gasteiger partial charge in [-0.05, 0) is 24.8 Å². The Labute approximate surface area is 140 Å². The van der Waals surface area contributed by atoms with Gasteiger partial charge in [0.1, 0.15) is 5.75 Å². The van der Waals surface area contributed by atoms with Crippen molar-refractivity contribution in [2.45, 2.75) is 25.2 Å². The van der Waals surface area contributed by atoms with Crippen LogP contribution < -0.4 is 10.1 Å². The van der Waals surface area contributed by atoms with Gasteiger partial charge in [0, 0.05) is 31.1 Å². The summed E-state index contributed by atoms with van der Waals surface area (Å²) in [4.78, 5) is 25.9. The van der Waals surface area contributed by atoms with Crippen LogP contribution in [0.4, 0.5) is 4.79 Å². The molecule has 0 aromatic heterocycles. The van der Waals surface area contributed by atoms with Crippen LogP contribution in [-0.4, -0.2) is 48.2 Å². The second kappa shape index (κ2) is 5.69. The highest BCUT2D eigenvalue weighted by atomic mass is 16.5. The first kappa shape index (κ1) is 15.3. The van der Waals surface area contributed by atoms with Crippen molar-refractivity contribution >= 4 is 12.0 Å². The zero-order chi connectivity index (χ0) is 16.7. The second-order valence-electron chi connectivity index (χ2n) is 7.16. The molecular formula is C18H22N2O4. The van der Waals surface area contributed by atoms with E-state index in [0.29, 0.717) is 32.7 Å². The fraction of sp³-hybridized carbons (Fsp3) is 0.556. The average Bonchev–Trinajstić information content (AvgIpc) is 3.25. The number of carboxylic acids is 1. The molecule has 4 rings (SSSR count). The van der Waals surface area contributed by atoms with Crippen molar-refractivity contribution in [3.63, 3.8) is 0 Å². The molecule has 2 aliphatic heterocycles. The lowest BCUT2D eigenvalue weighted by Crippen LogP contribution is -2.42. The van der Waals surface area contributed by atoms with Gasteiger partial charge in [0.25, 0.3) is 0 Å². The zero-order valence-electron chi connectivity index (χ0n) is 13.5. The third kappa shape index (κ3) is 2.32.